The van der Waals surface area contributed by atoms with Crippen LogP contribution in [0.2, 0.25) is 10.0 Å². The predicted octanol–water partition coefficient (Wildman–Crippen LogP) is 2.83. The zero-order valence-corrected chi connectivity index (χ0v) is 29.2. The molecule has 0 aliphatic carbocycles. The van der Waals surface area contributed by atoms with Crippen molar-refractivity contribution in [1.29, 1.82) is 0 Å². The number of likely N-dealkylation sites (N-methyl/N-ethyl adjacent to an activating group) is 1. The van der Waals surface area contributed by atoms with Gasteiger partial charge in [-0.05, 0) is 38.1 Å². The number of nitrogens with zero attached hydrogens (tertiary/aromatic N) is 2. The number of rotatable bonds is 5. The number of phenols is 1. The summed E-state index contributed by atoms with van der Waals surface area (Å²) in [4.78, 5) is 74.1. The quantitative estimate of drug-likeness (QED) is 0.334. The van der Waals surface area contributed by atoms with Gasteiger partial charge in [0.25, 0.3) is 17.7 Å². The molecule has 0 spiro atoms. The molecule has 2 aromatic carbocycles. The van der Waals surface area contributed by atoms with Gasteiger partial charge in [0.05, 0.1) is 40.8 Å². The highest BCUT2D eigenvalue weighted by molar-refractivity contribution is 6.37. The lowest BCUT2D eigenvalue weighted by atomic mass is 10.1. The fourth-order valence-corrected chi connectivity index (χ4v) is 5.43. The molecule has 2 aromatic rings. The normalized spacial score (nSPS) is 22.7. The molecule has 14 nitrogen and oxygen atoms in total. The van der Waals surface area contributed by atoms with Gasteiger partial charge in [0.1, 0.15) is 31.4 Å². The van der Waals surface area contributed by atoms with E-state index in [0.29, 0.717) is 30.4 Å². The molecule has 2 saturated heterocycles. The highest BCUT2D eigenvalue weighted by Gasteiger charge is 2.37. The number of aliphatic hydroxyl groups is 1. The van der Waals surface area contributed by atoms with Gasteiger partial charge in [-0.15, -0.1) is 0 Å². The number of halogens is 2. The number of para-hydroxylation sites is 2. The topological polar surface area (TPSA) is 192 Å². The van der Waals surface area contributed by atoms with Crippen LogP contribution in [-0.4, -0.2) is 90.8 Å². The summed E-state index contributed by atoms with van der Waals surface area (Å²) in [5, 5.41) is 23.8. The van der Waals surface area contributed by atoms with Crippen LogP contribution in [0.3, 0.4) is 0 Å². The Morgan fingerprint density at radius 2 is 1.41 bits per heavy atom. The number of carbonyl (C=O) groups is 6. The van der Waals surface area contributed by atoms with Crippen LogP contribution in [0.25, 0.3) is 0 Å². The number of hydrogen-bond donors (Lipinski definition) is 4. The van der Waals surface area contributed by atoms with Crippen LogP contribution in [-0.2, 0) is 33.4 Å². The minimum absolute atomic E-state index is 0.0322. The summed E-state index contributed by atoms with van der Waals surface area (Å²) in [5.74, 6) is -2.23. The lowest BCUT2D eigenvalue weighted by molar-refractivity contribution is -0.141. The maximum atomic E-state index is 13.4. The van der Waals surface area contributed by atoms with Gasteiger partial charge in [-0.3, -0.25) is 33.7 Å². The minimum atomic E-state index is -1.28. The Kier molecular flexibility index (Phi) is 13.8. The molecular formula is C33H40Cl2N4O10. The smallest absolute Gasteiger partial charge is 0.306 e. The van der Waals surface area contributed by atoms with E-state index in [4.69, 9.17) is 32.7 Å². The lowest BCUT2D eigenvalue weighted by Crippen LogP contribution is -2.54. The Morgan fingerprint density at radius 1 is 0.898 bits per heavy atom. The number of benzene rings is 2. The second kappa shape index (κ2) is 17.3. The van der Waals surface area contributed by atoms with Crippen molar-refractivity contribution in [2.45, 2.75) is 58.8 Å². The molecular weight excluding hydrogens is 683 g/mol. The Bertz CT molecular complexity index is 1510. The fraction of sp³-hybridized carbons (Fsp3) is 0.455. The van der Waals surface area contributed by atoms with Crippen LogP contribution in [0.4, 0.5) is 11.4 Å². The number of amides is 4. The molecule has 5 rings (SSSR count). The van der Waals surface area contributed by atoms with Crippen molar-refractivity contribution >= 4 is 70.1 Å². The Morgan fingerprint density at radius 3 is 1.82 bits per heavy atom. The van der Waals surface area contributed by atoms with Gasteiger partial charge in [-0.1, -0.05) is 49.2 Å². The molecule has 3 aliphatic heterocycles. The fourth-order valence-electron chi connectivity index (χ4n) is 4.94. The van der Waals surface area contributed by atoms with E-state index in [1.807, 2.05) is 27.7 Å². The summed E-state index contributed by atoms with van der Waals surface area (Å²) < 4.78 is 9.67. The number of nitrogens with one attached hydrogen (secondary N) is 2. The van der Waals surface area contributed by atoms with E-state index in [9.17, 15) is 39.0 Å². The highest BCUT2D eigenvalue weighted by atomic mass is 35.5. The molecule has 16 heteroatoms. The summed E-state index contributed by atoms with van der Waals surface area (Å²) in [7, 11) is 1.41. The van der Waals surface area contributed by atoms with E-state index in [-0.39, 0.29) is 58.5 Å². The molecule has 0 bridgehead atoms. The molecule has 0 saturated carbocycles. The minimum Gasteiger partial charge on any atom is -0.505 e. The molecule has 0 aromatic heterocycles. The van der Waals surface area contributed by atoms with E-state index < -0.39 is 42.0 Å². The summed E-state index contributed by atoms with van der Waals surface area (Å²) in [6, 6.07) is 7.45. The number of ether oxygens (including phenoxy) is 2. The Balaban J connectivity index is 0.000000329. The number of hydrogen-bond acceptors (Lipinski definition) is 10. The van der Waals surface area contributed by atoms with Crippen LogP contribution >= 0.6 is 23.2 Å². The third-order valence-electron chi connectivity index (χ3n) is 8.21. The van der Waals surface area contributed by atoms with E-state index >= 15 is 0 Å². The molecule has 4 amide bonds. The van der Waals surface area contributed by atoms with Crippen LogP contribution < -0.4 is 20.4 Å². The average Bonchev–Trinajstić information content (AvgIpc) is 3.49. The van der Waals surface area contributed by atoms with Gasteiger partial charge in [0, 0.05) is 24.4 Å². The Labute approximate surface area is 293 Å². The monoisotopic (exact) mass is 722 g/mol. The molecule has 49 heavy (non-hydrogen) atoms. The van der Waals surface area contributed by atoms with Crippen molar-refractivity contribution in [3.8, 4) is 5.75 Å². The first-order valence-electron chi connectivity index (χ1n) is 15.5. The maximum absolute atomic E-state index is 13.4. The number of esters is 2. The predicted molar refractivity (Wildman–Crippen MR) is 180 cm³/mol. The average molecular weight is 724 g/mol. The van der Waals surface area contributed by atoms with E-state index in [1.165, 1.54) is 24.1 Å². The van der Waals surface area contributed by atoms with Crippen molar-refractivity contribution in [2.24, 2.45) is 11.8 Å². The number of aliphatic hydroxyl groups excluding tert-OH is 1. The van der Waals surface area contributed by atoms with Gasteiger partial charge in [0.2, 0.25) is 5.91 Å². The van der Waals surface area contributed by atoms with E-state index in [2.05, 4.69) is 10.6 Å². The molecule has 0 radical (unpaired) electrons. The highest BCUT2D eigenvalue weighted by Crippen LogP contribution is 2.34. The van der Waals surface area contributed by atoms with Crippen molar-refractivity contribution in [3.63, 3.8) is 0 Å². The number of anilines is 2. The molecule has 2 fully saturated rings. The SMILES string of the molecule is CC1OC(=O)C[C@@H]1C.CC1OC(=O)C[C@@H]1C.CNC(=O)CN1C(=O)[C@@H](NC(=O)c2cc(Cl)c(O)c(Cl)c2)CN(C(=O)CO)c2ccccc21. The van der Waals surface area contributed by atoms with Gasteiger partial charge in [-0.2, -0.15) is 0 Å². The van der Waals surface area contributed by atoms with Gasteiger partial charge < -0.3 is 35.2 Å². The van der Waals surface area contributed by atoms with Crippen molar-refractivity contribution in [3.05, 3.63) is 52.0 Å². The number of phenolic OH excluding ortho intramolecular Hbond substituents is 1. The third kappa shape index (κ3) is 10.1. The van der Waals surface area contributed by atoms with Gasteiger partial charge in [0.15, 0.2) is 5.75 Å². The third-order valence-corrected chi connectivity index (χ3v) is 8.78. The van der Waals surface area contributed by atoms with Gasteiger partial charge >= 0.3 is 11.9 Å². The summed E-state index contributed by atoms with van der Waals surface area (Å²) in [5.41, 5.74) is 0.525. The molecule has 3 heterocycles. The first-order chi connectivity index (χ1) is 23.1. The molecule has 5 atom stereocenters. The van der Waals surface area contributed by atoms with E-state index in [1.54, 1.807) is 24.3 Å². The number of carbonyl (C=O) groups excluding carboxylic acids is 6. The van der Waals surface area contributed by atoms with Crippen LogP contribution in [0, 0.1) is 11.8 Å². The largest absolute Gasteiger partial charge is 0.505 e. The zero-order valence-electron chi connectivity index (χ0n) is 27.7. The second-order valence-corrected chi connectivity index (χ2v) is 12.6. The lowest BCUT2D eigenvalue weighted by Gasteiger charge is -2.24. The zero-order chi connectivity index (χ0) is 36.6. The van der Waals surface area contributed by atoms with Gasteiger partial charge in [-0.25, -0.2) is 0 Å². The second-order valence-electron chi connectivity index (χ2n) is 11.8. The maximum Gasteiger partial charge on any atom is 0.306 e. The molecule has 3 aliphatic rings. The van der Waals surface area contributed by atoms with Crippen molar-refractivity contribution in [1.82, 2.24) is 10.6 Å². The van der Waals surface area contributed by atoms with Crippen molar-refractivity contribution in [2.75, 3.05) is 36.5 Å². The standard InChI is InChI=1S/C21H20Cl2N4O6.2C6H10O2/c1-24-17(29)9-27-16-5-3-2-4-15(16)26(18(30)10-28)8-14(21(27)33)25-20(32)11-6-12(22)19(31)13(23)7-11;2*1-4-3-6(7)8-5(4)2/h2-7,14,28,31H,8-10H2,1H3,(H,24,29)(H,25,32);2*4-5H,3H2,1-2H3/t14-;2*4-,5?/m000/s1. The number of aromatic hydroxyl groups is 1. The summed E-state index contributed by atoms with van der Waals surface area (Å²) in [6.45, 7) is 6.40. The van der Waals surface area contributed by atoms with Crippen LogP contribution in [0.5, 0.6) is 5.75 Å². The van der Waals surface area contributed by atoms with Crippen molar-refractivity contribution < 1.29 is 48.5 Å². The van der Waals surface area contributed by atoms with Crippen LogP contribution in [0.15, 0.2) is 36.4 Å². The first kappa shape index (κ1) is 39.0. The number of cyclic esters (lactones) is 2. The molecule has 266 valence electrons. The van der Waals surface area contributed by atoms with E-state index in [0.717, 1.165) is 4.90 Å². The molecule has 2 unspecified atom stereocenters. The summed E-state index contributed by atoms with van der Waals surface area (Å²) >= 11 is 11.8. The number of fused-ring (bicyclic) bond motifs is 1. The Hall–Kier alpha value is -4.40. The molecule has 4 N–H and O–H groups in total. The van der Waals surface area contributed by atoms with Crippen LogP contribution in [0.1, 0.15) is 50.9 Å². The summed E-state index contributed by atoms with van der Waals surface area (Å²) in [6.07, 6.45) is 1.48. The first-order valence-corrected chi connectivity index (χ1v) is 16.2.